The van der Waals surface area contributed by atoms with E-state index in [1.165, 1.54) is 66.2 Å². The summed E-state index contributed by atoms with van der Waals surface area (Å²) in [6.07, 6.45) is 0. The van der Waals surface area contributed by atoms with Crippen LogP contribution in [0.25, 0.3) is 82.7 Å². The van der Waals surface area contributed by atoms with Crippen molar-refractivity contribution in [3.05, 3.63) is 143 Å². The molecule has 0 aliphatic rings. The minimum atomic E-state index is 0.260. The van der Waals surface area contributed by atoms with E-state index in [1.807, 2.05) is 0 Å². The number of aromatic nitrogens is 2. The van der Waals surface area contributed by atoms with Gasteiger partial charge in [0.15, 0.2) is 0 Å². The molecule has 0 spiro atoms. The molecule has 3 heteroatoms. The van der Waals surface area contributed by atoms with Crippen LogP contribution in [-0.2, 0) is 0 Å². The van der Waals surface area contributed by atoms with E-state index in [4.69, 9.17) is 9.40 Å². The predicted octanol–water partition coefficient (Wildman–Crippen LogP) is 16.2. The van der Waals surface area contributed by atoms with Crippen molar-refractivity contribution < 1.29 is 4.42 Å². The molecule has 0 atom stereocenters. The van der Waals surface area contributed by atoms with E-state index in [0.29, 0.717) is 17.8 Å². The van der Waals surface area contributed by atoms with Gasteiger partial charge in [-0.15, -0.1) is 0 Å². The normalized spacial score (nSPS) is 12.5. The number of nitrogens with zero attached hydrogens (tertiary/aromatic N) is 2. The molecular formula is C54H54N2O. The summed E-state index contributed by atoms with van der Waals surface area (Å²) in [4.78, 5) is 5.46. The maximum atomic E-state index is 6.96. The Hall–Kier alpha value is -5.67. The molecule has 0 aliphatic heterocycles. The van der Waals surface area contributed by atoms with Crippen LogP contribution in [0.5, 0.6) is 0 Å². The molecule has 0 fully saturated rings. The monoisotopic (exact) mass is 746 g/mol. The van der Waals surface area contributed by atoms with E-state index in [9.17, 15) is 0 Å². The molecule has 286 valence electrons. The van der Waals surface area contributed by atoms with Crippen LogP contribution in [0.15, 0.2) is 120 Å². The highest BCUT2D eigenvalue weighted by Gasteiger charge is 2.27. The quantitative estimate of drug-likeness (QED) is 0.145. The molecule has 57 heavy (non-hydrogen) atoms. The van der Waals surface area contributed by atoms with Crippen molar-refractivity contribution in [1.29, 1.82) is 0 Å². The lowest BCUT2D eigenvalue weighted by Crippen LogP contribution is -2.10. The summed E-state index contributed by atoms with van der Waals surface area (Å²) in [7, 11) is 0. The molecule has 7 aromatic carbocycles. The van der Waals surface area contributed by atoms with Gasteiger partial charge in [-0.3, -0.25) is 4.57 Å². The maximum Gasteiger partial charge on any atom is 0.149 e. The van der Waals surface area contributed by atoms with Gasteiger partial charge in [0.05, 0.1) is 22.3 Å². The molecule has 0 aliphatic carbocycles. The van der Waals surface area contributed by atoms with Gasteiger partial charge < -0.3 is 4.42 Å². The first-order valence-electron chi connectivity index (χ1n) is 21.0. The molecule has 0 saturated heterocycles. The number of hydrogen-bond donors (Lipinski definition) is 0. The van der Waals surface area contributed by atoms with Crippen LogP contribution in [0.3, 0.4) is 0 Å². The molecule has 9 rings (SSSR count). The van der Waals surface area contributed by atoms with Crippen LogP contribution < -0.4 is 0 Å². The number of benzene rings is 7. The smallest absolute Gasteiger partial charge is 0.149 e. The van der Waals surface area contributed by atoms with Crippen LogP contribution in [0.1, 0.15) is 127 Å². The Labute approximate surface area is 337 Å². The van der Waals surface area contributed by atoms with Gasteiger partial charge >= 0.3 is 0 Å². The number of furan rings is 1. The first kappa shape index (κ1) is 36.9. The molecule has 0 saturated carbocycles. The van der Waals surface area contributed by atoms with Crippen molar-refractivity contribution in [3.63, 3.8) is 0 Å². The molecule has 2 aromatic heterocycles. The second-order valence-electron chi connectivity index (χ2n) is 17.8. The Balaban J connectivity index is 1.34. The second kappa shape index (κ2) is 14.1. The largest absolute Gasteiger partial charge is 0.455 e. The zero-order chi connectivity index (χ0) is 39.9. The van der Waals surface area contributed by atoms with Crippen LogP contribution in [0.2, 0.25) is 0 Å². The van der Waals surface area contributed by atoms with Gasteiger partial charge in [-0.05, 0) is 133 Å². The van der Waals surface area contributed by atoms with Crippen LogP contribution in [0, 0.1) is 0 Å². The third-order valence-electron chi connectivity index (χ3n) is 12.2. The van der Waals surface area contributed by atoms with E-state index in [1.54, 1.807) is 0 Å². The van der Waals surface area contributed by atoms with E-state index in [-0.39, 0.29) is 11.8 Å². The number of para-hydroxylation sites is 3. The number of imidazole rings is 1. The second-order valence-corrected chi connectivity index (χ2v) is 17.8. The first-order chi connectivity index (χ1) is 27.4. The fourth-order valence-corrected chi connectivity index (χ4v) is 9.16. The lowest BCUT2D eigenvalue weighted by molar-refractivity contribution is 0.670. The van der Waals surface area contributed by atoms with Gasteiger partial charge in [-0.2, -0.15) is 0 Å². The number of rotatable bonds is 8. The lowest BCUT2D eigenvalue weighted by Gasteiger charge is -2.27. The van der Waals surface area contributed by atoms with Gasteiger partial charge in [-0.1, -0.05) is 142 Å². The fraction of sp³-hybridized carbons (Fsp3) is 0.278. The maximum absolute atomic E-state index is 6.96. The van der Waals surface area contributed by atoms with Crippen molar-refractivity contribution in [2.45, 2.75) is 98.8 Å². The highest BCUT2D eigenvalue weighted by atomic mass is 16.3. The van der Waals surface area contributed by atoms with Gasteiger partial charge in [0, 0.05) is 10.8 Å². The van der Waals surface area contributed by atoms with Crippen molar-refractivity contribution in [2.24, 2.45) is 0 Å². The van der Waals surface area contributed by atoms with Gasteiger partial charge in [0.1, 0.15) is 17.0 Å². The Morgan fingerprint density at radius 3 is 1.77 bits per heavy atom. The molecule has 2 heterocycles. The summed E-state index contributed by atoms with van der Waals surface area (Å²) in [5.74, 6) is 2.68. The van der Waals surface area contributed by atoms with Crippen molar-refractivity contribution in [2.75, 3.05) is 0 Å². The van der Waals surface area contributed by atoms with Crippen molar-refractivity contribution in [1.82, 2.24) is 9.55 Å². The predicted molar refractivity (Wildman–Crippen MR) is 245 cm³/mol. The van der Waals surface area contributed by atoms with Gasteiger partial charge in [0.25, 0.3) is 0 Å². The molecule has 0 N–H and O–H groups in total. The van der Waals surface area contributed by atoms with E-state index in [2.05, 4.69) is 189 Å². The standard InChI is InChI=1S/C54H54N2O/c1-30(2)37-25-42(31(3)4)51(43(26-37)32(5)6)38-27-44(33(7)8)52(45(28-38)34(9)10)56-49-21-14-13-20-48(49)55-54(56)41-19-15-18-40-47-24-36-23-22-35-16-11-12-17-39(35)46(36)29-50(47)57-53(40)41/h11-34H,1-10H3. The Bertz CT molecular complexity index is 2940. The van der Waals surface area contributed by atoms with Gasteiger partial charge in [0.2, 0.25) is 0 Å². The zero-order valence-electron chi connectivity index (χ0n) is 35.2. The minimum Gasteiger partial charge on any atom is -0.455 e. The summed E-state index contributed by atoms with van der Waals surface area (Å²) in [6.45, 7) is 23.4. The summed E-state index contributed by atoms with van der Waals surface area (Å²) in [5, 5.41) is 7.12. The zero-order valence-corrected chi connectivity index (χ0v) is 35.2. The Kier molecular flexibility index (Phi) is 9.11. The molecule has 0 radical (unpaired) electrons. The first-order valence-corrected chi connectivity index (χ1v) is 21.0. The topological polar surface area (TPSA) is 31.0 Å². The summed E-state index contributed by atoms with van der Waals surface area (Å²) >= 11 is 0. The van der Waals surface area contributed by atoms with Gasteiger partial charge in [-0.25, -0.2) is 4.98 Å². The fourth-order valence-electron chi connectivity index (χ4n) is 9.16. The number of fused-ring (bicyclic) bond motifs is 7. The van der Waals surface area contributed by atoms with E-state index < -0.39 is 0 Å². The van der Waals surface area contributed by atoms with Crippen LogP contribution >= 0.6 is 0 Å². The van der Waals surface area contributed by atoms with Crippen LogP contribution in [0.4, 0.5) is 0 Å². The Morgan fingerprint density at radius 1 is 0.491 bits per heavy atom. The molecule has 9 aromatic rings. The number of hydrogen-bond acceptors (Lipinski definition) is 2. The average Bonchev–Trinajstić information content (AvgIpc) is 3.77. The summed E-state index contributed by atoms with van der Waals surface area (Å²) in [5.41, 5.74) is 15.7. The van der Waals surface area contributed by atoms with E-state index >= 15 is 0 Å². The molecule has 0 bridgehead atoms. The Morgan fingerprint density at radius 2 is 1.11 bits per heavy atom. The van der Waals surface area contributed by atoms with Crippen molar-refractivity contribution in [3.8, 4) is 28.2 Å². The minimum absolute atomic E-state index is 0.260. The molecular weight excluding hydrogens is 693 g/mol. The molecule has 0 amide bonds. The SMILES string of the molecule is CC(C)c1cc(C(C)C)c(-c2cc(C(C)C)c(-n3c(-c4cccc5c4oc4cc6c(ccc7ccccc76)cc45)nc4ccccc43)c(C(C)C)c2)c(C(C)C)c1. The molecule has 0 unspecified atom stereocenters. The third-order valence-corrected chi connectivity index (χ3v) is 12.2. The highest BCUT2D eigenvalue weighted by molar-refractivity contribution is 6.17. The lowest BCUT2D eigenvalue weighted by atomic mass is 9.79. The van der Waals surface area contributed by atoms with E-state index in [0.717, 1.165) is 44.4 Å². The summed E-state index contributed by atoms with van der Waals surface area (Å²) < 4.78 is 9.41. The van der Waals surface area contributed by atoms with Crippen LogP contribution in [-0.4, -0.2) is 9.55 Å². The molecule has 3 nitrogen and oxygen atoms in total. The van der Waals surface area contributed by atoms with Crippen molar-refractivity contribution >= 4 is 54.5 Å². The average molecular weight is 747 g/mol. The highest BCUT2D eigenvalue weighted by Crippen LogP contribution is 2.46. The third kappa shape index (κ3) is 6.06. The summed E-state index contributed by atoms with van der Waals surface area (Å²) in [6, 6.07) is 42.7.